The van der Waals surface area contributed by atoms with E-state index in [2.05, 4.69) is 0 Å². The molecule has 1 atom stereocenters. The molecule has 7 nitrogen and oxygen atoms in total. The van der Waals surface area contributed by atoms with Crippen LogP contribution in [-0.4, -0.2) is 30.6 Å². The van der Waals surface area contributed by atoms with E-state index in [-0.39, 0.29) is 34.1 Å². The van der Waals surface area contributed by atoms with Gasteiger partial charge in [-0.1, -0.05) is 0 Å². The summed E-state index contributed by atoms with van der Waals surface area (Å²) in [4.78, 5) is 0. The maximum atomic E-state index is 10.1. The molecule has 3 rings (SSSR count). The Balaban J connectivity index is 2.08. The summed E-state index contributed by atoms with van der Waals surface area (Å²) in [6.45, 7) is 0. The van der Waals surface area contributed by atoms with Gasteiger partial charge in [-0.05, 0) is 18.2 Å². The Labute approximate surface area is 124 Å². The molecule has 0 saturated carbocycles. The molecule has 0 fully saturated rings. The second-order valence-corrected chi connectivity index (χ2v) is 4.85. The SMILES string of the molecule is OC1=Cc2c(O)cc(O)cc2O[C@@H]1c1cc(O)c(O)c(O)c1. The molecule has 0 radical (unpaired) electrons. The van der Waals surface area contributed by atoms with Crippen molar-refractivity contribution < 1.29 is 35.4 Å². The zero-order valence-electron chi connectivity index (χ0n) is 11.1. The molecule has 0 spiro atoms. The second kappa shape index (κ2) is 4.66. The summed E-state index contributed by atoms with van der Waals surface area (Å²) in [6.07, 6.45) is 0.172. The normalized spacial score (nSPS) is 16.5. The van der Waals surface area contributed by atoms with Gasteiger partial charge < -0.3 is 35.4 Å². The summed E-state index contributed by atoms with van der Waals surface area (Å²) in [7, 11) is 0. The van der Waals surface area contributed by atoms with Crippen molar-refractivity contribution >= 4 is 6.08 Å². The molecule has 0 unspecified atom stereocenters. The van der Waals surface area contributed by atoms with Gasteiger partial charge >= 0.3 is 0 Å². The Morgan fingerprint density at radius 3 is 2.05 bits per heavy atom. The molecule has 2 aromatic carbocycles. The molecule has 0 aromatic heterocycles. The van der Waals surface area contributed by atoms with Crippen LogP contribution in [0.5, 0.6) is 34.5 Å². The lowest BCUT2D eigenvalue weighted by Crippen LogP contribution is -2.14. The number of aliphatic hydroxyl groups excluding tert-OH is 1. The van der Waals surface area contributed by atoms with Gasteiger partial charge in [-0.25, -0.2) is 0 Å². The number of benzene rings is 2. The molecule has 22 heavy (non-hydrogen) atoms. The van der Waals surface area contributed by atoms with Gasteiger partial charge in [0, 0.05) is 17.7 Å². The summed E-state index contributed by atoms with van der Waals surface area (Å²) >= 11 is 0. The Morgan fingerprint density at radius 2 is 1.41 bits per heavy atom. The third kappa shape index (κ3) is 2.08. The van der Waals surface area contributed by atoms with Gasteiger partial charge in [0.15, 0.2) is 23.4 Å². The minimum absolute atomic E-state index is 0.118. The highest BCUT2D eigenvalue weighted by Gasteiger charge is 2.28. The Hall–Kier alpha value is -3.22. The van der Waals surface area contributed by atoms with Crippen molar-refractivity contribution in [3.8, 4) is 34.5 Å². The average Bonchev–Trinajstić information content (AvgIpc) is 2.44. The third-order valence-electron chi connectivity index (χ3n) is 3.31. The largest absolute Gasteiger partial charge is 0.508 e. The first-order valence-electron chi connectivity index (χ1n) is 6.25. The van der Waals surface area contributed by atoms with Crippen molar-refractivity contribution in [3.63, 3.8) is 0 Å². The van der Waals surface area contributed by atoms with Crippen molar-refractivity contribution in [2.45, 2.75) is 6.10 Å². The van der Waals surface area contributed by atoms with Gasteiger partial charge in [0.2, 0.25) is 0 Å². The summed E-state index contributed by atoms with van der Waals surface area (Å²) < 4.78 is 5.50. The quantitative estimate of drug-likeness (QED) is 0.445. The first-order valence-corrected chi connectivity index (χ1v) is 6.25. The molecule has 1 heterocycles. The van der Waals surface area contributed by atoms with Gasteiger partial charge in [0.25, 0.3) is 0 Å². The third-order valence-corrected chi connectivity index (χ3v) is 3.31. The zero-order valence-corrected chi connectivity index (χ0v) is 11.1. The van der Waals surface area contributed by atoms with Crippen LogP contribution in [0.3, 0.4) is 0 Å². The van der Waals surface area contributed by atoms with E-state index in [1.54, 1.807) is 0 Å². The predicted molar refractivity (Wildman–Crippen MR) is 75.2 cm³/mol. The first-order chi connectivity index (χ1) is 10.4. The molecule has 2 aromatic rings. The lowest BCUT2D eigenvalue weighted by Gasteiger charge is -2.25. The van der Waals surface area contributed by atoms with Crippen LogP contribution in [0.1, 0.15) is 17.2 Å². The first kappa shape index (κ1) is 13.7. The Kier molecular flexibility index (Phi) is 2.91. The molecule has 0 saturated heterocycles. The minimum atomic E-state index is -1.08. The number of ether oxygens (including phenoxy) is 1. The van der Waals surface area contributed by atoms with E-state index < -0.39 is 23.4 Å². The molecule has 0 aliphatic carbocycles. The van der Waals surface area contributed by atoms with Gasteiger partial charge in [-0.3, -0.25) is 0 Å². The Bertz CT molecular complexity index is 772. The molecule has 1 aliphatic rings. The minimum Gasteiger partial charge on any atom is -0.508 e. The van der Waals surface area contributed by atoms with Crippen molar-refractivity contribution in [3.05, 3.63) is 41.2 Å². The van der Waals surface area contributed by atoms with Crippen LogP contribution in [-0.2, 0) is 0 Å². The number of aromatic hydroxyl groups is 5. The van der Waals surface area contributed by atoms with Crippen LogP contribution in [0.4, 0.5) is 0 Å². The van der Waals surface area contributed by atoms with Crippen LogP contribution in [0.15, 0.2) is 30.0 Å². The van der Waals surface area contributed by atoms with Gasteiger partial charge in [-0.15, -0.1) is 0 Å². The van der Waals surface area contributed by atoms with Crippen molar-refractivity contribution in [2.24, 2.45) is 0 Å². The number of fused-ring (bicyclic) bond motifs is 1. The van der Waals surface area contributed by atoms with E-state index in [4.69, 9.17) is 4.74 Å². The molecular weight excluding hydrogens is 292 g/mol. The number of aliphatic hydroxyl groups is 1. The van der Waals surface area contributed by atoms with E-state index in [0.29, 0.717) is 0 Å². The zero-order chi connectivity index (χ0) is 16.0. The van der Waals surface area contributed by atoms with Crippen LogP contribution in [0, 0.1) is 0 Å². The van der Waals surface area contributed by atoms with Gasteiger partial charge in [0.05, 0.1) is 5.56 Å². The van der Waals surface area contributed by atoms with E-state index >= 15 is 0 Å². The standard InChI is InChI=1S/C15H12O7/c16-7-3-9(17)8-5-12(20)15(22-13(8)4-7)6-1-10(18)14(21)11(19)2-6/h1-5,15-21H/t15-/m1/s1. The smallest absolute Gasteiger partial charge is 0.200 e. The molecule has 0 bridgehead atoms. The fourth-order valence-electron chi connectivity index (χ4n) is 2.27. The highest BCUT2D eigenvalue weighted by Crippen LogP contribution is 2.45. The van der Waals surface area contributed by atoms with Crippen LogP contribution in [0.2, 0.25) is 0 Å². The van der Waals surface area contributed by atoms with E-state index in [1.165, 1.54) is 12.1 Å². The predicted octanol–water partition coefficient (Wildman–Crippen LogP) is 2.25. The number of phenolic OH excluding ortho intramolecular Hbond substituents is 5. The summed E-state index contributed by atoms with van der Waals surface area (Å²) in [5.41, 5.74) is 0.369. The Morgan fingerprint density at radius 1 is 0.773 bits per heavy atom. The van der Waals surface area contributed by atoms with Gasteiger partial charge in [0.1, 0.15) is 23.0 Å². The fraction of sp³-hybridized carbons (Fsp3) is 0.0667. The van der Waals surface area contributed by atoms with Crippen molar-refractivity contribution in [2.75, 3.05) is 0 Å². The monoisotopic (exact) mass is 304 g/mol. The van der Waals surface area contributed by atoms with Crippen LogP contribution >= 0.6 is 0 Å². The lowest BCUT2D eigenvalue weighted by molar-refractivity contribution is 0.173. The maximum Gasteiger partial charge on any atom is 0.200 e. The van der Waals surface area contributed by atoms with Crippen molar-refractivity contribution in [1.29, 1.82) is 0 Å². The lowest BCUT2D eigenvalue weighted by atomic mass is 10.0. The highest BCUT2D eigenvalue weighted by molar-refractivity contribution is 5.69. The average molecular weight is 304 g/mol. The van der Waals surface area contributed by atoms with Crippen LogP contribution in [0.25, 0.3) is 6.08 Å². The summed E-state index contributed by atoms with van der Waals surface area (Å²) in [5, 5.41) is 57.7. The molecule has 114 valence electrons. The van der Waals surface area contributed by atoms with Gasteiger partial charge in [-0.2, -0.15) is 0 Å². The van der Waals surface area contributed by atoms with Crippen molar-refractivity contribution in [1.82, 2.24) is 0 Å². The van der Waals surface area contributed by atoms with E-state index in [0.717, 1.165) is 18.2 Å². The second-order valence-electron chi connectivity index (χ2n) is 4.85. The molecule has 1 aliphatic heterocycles. The summed E-state index contributed by atoms with van der Waals surface area (Å²) in [5.74, 6) is -2.48. The number of phenols is 5. The molecule has 0 amide bonds. The molecule has 6 N–H and O–H groups in total. The number of hydrogen-bond donors (Lipinski definition) is 6. The van der Waals surface area contributed by atoms with E-state index in [9.17, 15) is 30.6 Å². The van der Waals surface area contributed by atoms with E-state index in [1.807, 2.05) is 0 Å². The summed E-state index contributed by atoms with van der Waals surface area (Å²) in [6, 6.07) is 4.60. The fourth-order valence-corrected chi connectivity index (χ4v) is 2.27. The highest BCUT2D eigenvalue weighted by atomic mass is 16.5. The maximum absolute atomic E-state index is 10.1. The molecule has 7 heteroatoms. The number of rotatable bonds is 1. The molecular formula is C15H12O7. The van der Waals surface area contributed by atoms with Crippen LogP contribution < -0.4 is 4.74 Å². The number of hydrogen-bond acceptors (Lipinski definition) is 7. The topological polar surface area (TPSA) is 131 Å².